The van der Waals surface area contributed by atoms with E-state index in [4.69, 9.17) is 0 Å². The molecule has 1 saturated heterocycles. The Kier molecular flexibility index (Phi) is 9.54. The number of halogens is 10. The first-order valence-electron chi connectivity index (χ1n) is 13.2. The summed E-state index contributed by atoms with van der Waals surface area (Å²) in [7, 11) is 0. The molecule has 1 aliphatic rings. The minimum Gasteiger partial charge on any atom is -0.369 e. The summed E-state index contributed by atoms with van der Waals surface area (Å²) in [6.45, 7) is 0.933. The van der Waals surface area contributed by atoms with Crippen LogP contribution in [0.15, 0.2) is 60.8 Å². The Bertz CT molecular complexity index is 1550. The van der Waals surface area contributed by atoms with Crippen molar-refractivity contribution < 1.29 is 58.6 Å². The van der Waals surface area contributed by atoms with Gasteiger partial charge in [-0.2, -0.15) is 39.5 Å². The third-order valence-corrected chi connectivity index (χ3v) is 7.03. The molecule has 0 spiro atoms. The number of anilines is 2. The molecule has 3 N–H and O–H groups in total. The Morgan fingerprint density at radius 2 is 1.41 bits per heavy atom. The number of pyridine rings is 1. The zero-order valence-corrected chi connectivity index (χ0v) is 23.2. The molecule has 18 heteroatoms. The van der Waals surface area contributed by atoms with Gasteiger partial charge >= 0.3 is 24.6 Å². The number of benzene rings is 2. The van der Waals surface area contributed by atoms with Gasteiger partial charge in [-0.05, 0) is 35.9 Å². The maximum atomic E-state index is 14.7. The van der Waals surface area contributed by atoms with Crippen molar-refractivity contribution in [2.45, 2.75) is 30.7 Å². The summed E-state index contributed by atoms with van der Waals surface area (Å²) in [5.74, 6) is -1.56. The molecule has 4 rings (SSSR count). The number of alkyl halides is 9. The number of hydrogen-bond donors (Lipinski definition) is 3. The van der Waals surface area contributed by atoms with Crippen LogP contribution in [0.2, 0.25) is 0 Å². The molecule has 3 aromatic rings. The number of hydrogen-bond acceptors (Lipinski definition) is 5. The van der Waals surface area contributed by atoms with Crippen molar-refractivity contribution in [1.29, 1.82) is 0 Å². The lowest BCUT2D eigenvalue weighted by Crippen LogP contribution is -2.53. The first-order chi connectivity index (χ1) is 21.3. The molecular formula is C28H23F10N5O3. The third kappa shape index (κ3) is 7.50. The monoisotopic (exact) mass is 667 g/mol. The summed E-state index contributed by atoms with van der Waals surface area (Å²) in [5, 5.41) is 13.8. The van der Waals surface area contributed by atoms with Crippen LogP contribution in [0.25, 0.3) is 0 Å². The number of carbonyl (C=O) groups excluding carboxylic acids is 2. The van der Waals surface area contributed by atoms with Crippen LogP contribution in [-0.2, 0) is 18.3 Å². The van der Waals surface area contributed by atoms with Gasteiger partial charge in [0, 0.05) is 55.7 Å². The second-order valence-electron chi connectivity index (χ2n) is 10.2. The van der Waals surface area contributed by atoms with Crippen molar-refractivity contribution in [1.82, 2.24) is 14.8 Å². The number of nitrogens with one attached hydrogen (secondary N) is 2. The Hall–Kier alpha value is -4.45. The number of rotatable bonds is 6. The molecule has 46 heavy (non-hydrogen) atoms. The van der Waals surface area contributed by atoms with E-state index in [1.165, 1.54) is 11.0 Å². The third-order valence-electron chi connectivity index (χ3n) is 7.03. The quantitative estimate of drug-likeness (QED) is 0.274. The highest BCUT2D eigenvalue weighted by Crippen LogP contribution is 2.50. The van der Waals surface area contributed by atoms with Gasteiger partial charge in [-0.25, -0.2) is 9.18 Å². The van der Waals surface area contributed by atoms with Crippen molar-refractivity contribution in [3.8, 4) is 0 Å². The summed E-state index contributed by atoms with van der Waals surface area (Å²) < 4.78 is 132. The lowest BCUT2D eigenvalue weighted by molar-refractivity contribution is -0.376. The predicted molar refractivity (Wildman–Crippen MR) is 142 cm³/mol. The minimum absolute atomic E-state index is 0.0711. The highest BCUT2D eigenvalue weighted by atomic mass is 19.4. The van der Waals surface area contributed by atoms with Gasteiger partial charge in [-0.15, -0.1) is 0 Å². The van der Waals surface area contributed by atoms with Gasteiger partial charge in [0.05, 0.1) is 5.69 Å². The van der Waals surface area contributed by atoms with E-state index in [-0.39, 0.29) is 49.7 Å². The van der Waals surface area contributed by atoms with Crippen LogP contribution in [0.3, 0.4) is 0 Å². The molecule has 248 valence electrons. The van der Waals surface area contributed by atoms with E-state index in [1.807, 2.05) is 0 Å². The summed E-state index contributed by atoms with van der Waals surface area (Å²) in [6, 6.07) is 6.98. The number of carbonyl (C=O) groups is 2. The van der Waals surface area contributed by atoms with Gasteiger partial charge in [0.1, 0.15) is 11.5 Å². The van der Waals surface area contributed by atoms with Crippen molar-refractivity contribution in [2.75, 3.05) is 36.8 Å². The van der Waals surface area contributed by atoms with E-state index in [2.05, 4.69) is 15.6 Å². The summed E-state index contributed by atoms with van der Waals surface area (Å²) in [5.41, 5.74) is -7.99. The smallest absolute Gasteiger partial charge is 0.369 e. The fourth-order valence-corrected chi connectivity index (χ4v) is 4.59. The van der Waals surface area contributed by atoms with Crippen LogP contribution in [0.4, 0.5) is 60.1 Å². The van der Waals surface area contributed by atoms with Crippen molar-refractivity contribution in [3.05, 3.63) is 89.0 Å². The molecule has 1 aromatic heterocycles. The first kappa shape index (κ1) is 34.4. The Morgan fingerprint density at radius 1 is 0.804 bits per heavy atom. The maximum Gasteiger partial charge on any atom is 0.433 e. The predicted octanol–water partition coefficient (Wildman–Crippen LogP) is 6.15. The second kappa shape index (κ2) is 12.7. The Balaban J connectivity index is 1.32. The molecule has 0 atom stereocenters. The summed E-state index contributed by atoms with van der Waals surface area (Å²) >= 11 is 0. The number of aromatic nitrogens is 1. The zero-order chi connectivity index (χ0) is 34.1. The Labute approximate surface area is 253 Å². The molecule has 0 saturated carbocycles. The highest BCUT2D eigenvalue weighted by Gasteiger charge is 2.71. The average molecular weight is 668 g/mol. The maximum absolute atomic E-state index is 14.7. The molecule has 1 aliphatic heterocycles. The van der Waals surface area contributed by atoms with Gasteiger partial charge in [0.15, 0.2) is 0 Å². The highest BCUT2D eigenvalue weighted by molar-refractivity contribution is 6.00. The van der Waals surface area contributed by atoms with Crippen LogP contribution in [-0.4, -0.2) is 70.4 Å². The average Bonchev–Trinajstić information content (AvgIpc) is 2.97. The number of piperazine rings is 1. The Morgan fingerprint density at radius 3 is 1.96 bits per heavy atom. The topological polar surface area (TPSA) is 97.8 Å². The number of urea groups is 1. The van der Waals surface area contributed by atoms with E-state index in [1.54, 1.807) is 4.90 Å². The molecule has 3 amide bonds. The molecule has 1 fully saturated rings. The standard InChI is InChI=1S/C28H23F10N5O3/c29-20-13-17(3-6-21(20)41-24(45)40-19-7-8-39-22(14-19)26(30,31)32)23(44)43-11-9-42(10-12-43)15-16-1-4-18(5-2-16)25(46,27(33,34)35)28(36,37)38/h1-8,13-14,46H,9-12,15H2,(H2,39,40,41,45). The lowest BCUT2D eigenvalue weighted by atomic mass is 9.91. The molecule has 0 aliphatic carbocycles. The number of nitrogens with zero attached hydrogens (tertiary/aromatic N) is 3. The van der Waals surface area contributed by atoms with E-state index in [0.717, 1.165) is 36.5 Å². The lowest BCUT2D eigenvalue weighted by Gasteiger charge is -2.35. The summed E-state index contributed by atoms with van der Waals surface area (Å²) in [4.78, 5) is 31.5. The van der Waals surface area contributed by atoms with Gasteiger partial charge in [-0.3, -0.25) is 14.7 Å². The SMILES string of the molecule is O=C(Nc1ccnc(C(F)(F)F)c1)Nc1ccc(C(=O)N2CCN(Cc3ccc(C(O)(C(F)(F)F)C(F)(F)F)cc3)CC2)cc1F. The van der Waals surface area contributed by atoms with Crippen LogP contribution in [0.5, 0.6) is 0 Å². The number of aliphatic hydroxyl groups is 1. The molecule has 2 heterocycles. The van der Waals surface area contributed by atoms with Crippen LogP contribution < -0.4 is 10.6 Å². The fraction of sp³-hybridized carbons (Fsp3) is 0.321. The molecule has 2 aromatic carbocycles. The molecule has 8 nitrogen and oxygen atoms in total. The van der Waals surface area contributed by atoms with E-state index < -0.39 is 53.1 Å². The molecular weight excluding hydrogens is 644 g/mol. The van der Waals surface area contributed by atoms with Crippen molar-refractivity contribution >= 4 is 23.3 Å². The van der Waals surface area contributed by atoms with E-state index in [0.29, 0.717) is 23.8 Å². The van der Waals surface area contributed by atoms with Gasteiger partial charge in [0.2, 0.25) is 0 Å². The van der Waals surface area contributed by atoms with E-state index in [9.17, 15) is 58.6 Å². The van der Waals surface area contributed by atoms with Gasteiger partial charge in [-0.1, -0.05) is 24.3 Å². The zero-order valence-electron chi connectivity index (χ0n) is 23.2. The largest absolute Gasteiger partial charge is 0.433 e. The first-order valence-corrected chi connectivity index (χ1v) is 13.2. The van der Waals surface area contributed by atoms with Gasteiger partial charge < -0.3 is 20.6 Å². The number of amides is 3. The molecule has 0 unspecified atom stereocenters. The van der Waals surface area contributed by atoms with Crippen LogP contribution in [0.1, 0.15) is 27.2 Å². The molecule has 0 bridgehead atoms. The second-order valence-corrected chi connectivity index (χ2v) is 10.2. The fourth-order valence-electron chi connectivity index (χ4n) is 4.59. The minimum atomic E-state index is -6.00. The summed E-state index contributed by atoms with van der Waals surface area (Å²) in [6.07, 6.45) is -15.9. The van der Waals surface area contributed by atoms with Crippen molar-refractivity contribution in [2.24, 2.45) is 0 Å². The molecule has 0 radical (unpaired) electrons. The van der Waals surface area contributed by atoms with Crippen LogP contribution in [0, 0.1) is 5.82 Å². The van der Waals surface area contributed by atoms with Crippen LogP contribution >= 0.6 is 0 Å². The van der Waals surface area contributed by atoms with Crippen molar-refractivity contribution in [3.63, 3.8) is 0 Å². The van der Waals surface area contributed by atoms with E-state index >= 15 is 0 Å². The van der Waals surface area contributed by atoms with Gasteiger partial charge in [0.25, 0.3) is 11.5 Å². The normalized spacial score (nSPS) is 15.1.